The van der Waals surface area contributed by atoms with Crippen LogP contribution in [-0.4, -0.2) is 220 Å². The SMILES string of the molecule is CC1CN(C(=O)OC(C)(C)C)CCS1(=O)=O.CCCC1CN(C(=O)OC(C)(C)C)CCS1(=O)=O.Cc1c(CCB2O[C@@H]3C[C@@H]4C[C@@H](C4(C)C)[C@]3(C)O2)ccc(OC2CN(C(=O)CC3CN(C(=O)OC(C)(C)C)CCS3(=O)=O)C2)c1C(=O)OC(C)(C)C.O=C=O.O=C=O. The highest BCUT2D eigenvalue weighted by molar-refractivity contribution is 7.92. The Morgan fingerprint density at radius 3 is 1.52 bits per heavy atom. The highest BCUT2D eigenvalue weighted by atomic mass is 32.2. The van der Waals surface area contributed by atoms with Gasteiger partial charge in [0.1, 0.15) is 39.8 Å². The van der Waals surface area contributed by atoms with Crippen LogP contribution in [-0.2, 0) is 88.2 Å². The lowest BCUT2D eigenvalue weighted by atomic mass is 9.43. The van der Waals surface area contributed by atoms with Gasteiger partial charge in [0.25, 0.3) is 0 Å². The maximum Gasteiger partial charge on any atom is 0.457 e. The Kier molecular flexibility index (Phi) is 26.4. The summed E-state index contributed by atoms with van der Waals surface area (Å²) in [4.78, 5) is 101. The van der Waals surface area contributed by atoms with E-state index in [-0.39, 0.29) is 118 Å². The van der Waals surface area contributed by atoms with Crippen LogP contribution in [0.2, 0.25) is 6.32 Å². The van der Waals surface area contributed by atoms with E-state index in [0.717, 1.165) is 24.0 Å². The number of hydrogen-bond donors (Lipinski definition) is 0. The zero-order valence-corrected chi connectivity index (χ0v) is 59.4. The Morgan fingerprint density at radius 1 is 0.630 bits per heavy atom. The normalized spacial score (nSPS) is 25.9. The zero-order chi connectivity index (χ0) is 70.1. The number of ether oxygens (including phenoxy) is 5. The van der Waals surface area contributed by atoms with Crippen LogP contribution >= 0.6 is 0 Å². The minimum Gasteiger partial charge on any atom is -0.486 e. The van der Waals surface area contributed by atoms with E-state index in [1.807, 2.05) is 40.7 Å². The lowest BCUT2D eigenvalue weighted by molar-refractivity contribution is -0.199. The van der Waals surface area contributed by atoms with Gasteiger partial charge in [-0.25, -0.2) is 44.4 Å². The van der Waals surface area contributed by atoms with Gasteiger partial charge in [0.15, 0.2) is 29.5 Å². The fraction of sp³-hybridized carbons (Fsp3) is 0.790. The molecule has 3 unspecified atom stereocenters. The van der Waals surface area contributed by atoms with Gasteiger partial charge >= 0.3 is 43.7 Å². The average molecular weight is 1360 g/mol. The molecule has 26 nitrogen and oxygen atoms in total. The van der Waals surface area contributed by atoms with Gasteiger partial charge in [-0.15, -0.1) is 0 Å². The number of likely N-dealkylation sites (tertiary alicyclic amines) is 1. The summed E-state index contributed by atoms with van der Waals surface area (Å²) in [5.74, 6) is 0.560. The topological polar surface area (TPSA) is 334 Å². The summed E-state index contributed by atoms with van der Waals surface area (Å²) in [6, 6.07) is 3.76. The van der Waals surface area contributed by atoms with Crippen molar-refractivity contribution in [2.45, 2.75) is 225 Å². The molecular weight excluding hydrogens is 1260 g/mol. The lowest BCUT2D eigenvalue weighted by Crippen LogP contribution is -2.65. The Hall–Kier alpha value is -5.64. The fourth-order valence-electron chi connectivity index (χ4n) is 12.2. The van der Waals surface area contributed by atoms with Crippen LogP contribution in [0.3, 0.4) is 0 Å². The van der Waals surface area contributed by atoms with E-state index < -0.39 is 98.0 Å². The third-order valence-corrected chi connectivity index (χ3v) is 23.5. The van der Waals surface area contributed by atoms with Crippen LogP contribution in [0.1, 0.15) is 171 Å². The lowest BCUT2D eigenvalue weighted by Gasteiger charge is -2.64. The van der Waals surface area contributed by atoms with E-state index in [2.05, 4.69) is 20.8 Å². The van der Waals surface area contributed by atoms with Crippen molar-refractivity contribution >= 4 is 79.1 Å². The van der Waals surface area contributed by atoms with Gasteiger partial charge < -0.3 is 52.6 Å². The minimum atomic E-state index is -3.57. The Labute approximate surface area is 544 Å². The number of sulfone groups is 3. The van der Waals surface area contributed by atoms with Crippen LogP contribution in [0, 0.1) is 24.2 Å². The second kappa shape index (κ2) is 30.8. The highest BCUT2D eigenvalue weighted by Gasteiger charge is 2.67. The molecule has 0 radical (unpaired) electrons. The number of esters is 1. The number of nitrogens with zero attached hydrogens (tertiary/aromatic N) is 4. The first kappa shape index (κ1) is 78.8. The highest BCUT2D eigenvalue weighted by Crippen LogP contribution is 2.66. The van der Waals surface area contributed by atoms with Crippen molar-refractivity contribution in [3.05, 3.63) is 28.8 Å². The second-order valence-electron chi connectivity index (χ2n) is 29.3. The van der Waals surface area contributed by atoms with E-state index in [1.165, 1.54) is 21.1 Å². The molecule has 1 aromatic carbocycles. The summed E-state index contributed by atoms with van der Waals surface area (Å²) in [6.45, 7) is 35.2. The van der Waals surface area contributed by atoms with Crippen LogP contribution in [0.4, 0.5) is 14.4 Å². The van der Waals surface area contributed by atoms with Gasteiger partial charge in [-0.1, -0.05) is 33.3 Å². The molecule has 8 aliphatic rings. The van der Waals surface area contributed by atoms with Crippen LogP contribution < -0.4 is 4.74 Å². The number of rotatable bonds is 10. The van der Waals surface area contributed by atoms with Gasteiger partial charge in [-0.3, -0.25) is 4.79 Å². The first-order chi connectivity index (χ1) is 42.1. The number of aryl methyl sites for hydroxylation is 1. The Bertz CT molecular complexity index is 3190. The molecule has 0 spiro atoms. The van der Waals surface area contributed by atoms with Gasteiger partial charge in [-0.05, 0) is 170 Å². The van der Waals surface area contributed by atoms with Crippen molar-refractivity contribution in [2.24, 2.45) is 17.3 Å². The molecule has 30 heteroatoms. The molecule has 520 valence electrons. The maximum atomic E-state index is 13.6. The first-order valence-corrected chi connectivity index (χ1v) is 36.4. The standard InChI is InChI=1S/C38H57BN2O10S.C12H23NO4S.C10H19NO4S.2CO2/c1-23-24(13-14-39-50-30-18-25-17-29(37(25,8)9)38(30,10)51-39)11-12-28(32(23)33(43)48-35(2,3)4)47-26-20-41(21-26)31(42)19-27-22-40(15-16-52(27,45)46)34(44)49-36(5,6)7;1-5-6-10-9-13(7-8-18(10,15)16)11(14)17-12(2,3)4;1-8-7-11(5-6-16(8,13)14)9(12)15-10(2,3)4;2*2-1-3/h11-12,25-27,29-30H,13-22H2,1-10H3;10H,5-9H2,1-4H3;8H,5-7H2,1-4H3;;/t25-,27?,29-,30+,38-;;;;/m0..../s1. The number of hydrogen-bond acceptors (Lipinski definition) is 22. The van der Waals surface area contributed by atoms with E-state index in [0.29, 0.717) is 42.3 Å². The molecule has 5 heterocycles. The summed E-state index contributed by atoms with van der Waals surface area (Å²) in [7, 11) is -9.95. The predicted octanol–water partition coefficient (Wildman–Crippen LogP) is 6.93. The summed E-state index contributed by atoms with van der Waals surface area (Å²) >= 11 is 0. The molecule has 5 saturated heterocycles. The van der Waals surface area contributed by atoms with Crippen molar-refractivity contribution in [3.63, 3.8) is 0 Å². The number of amides is 4. The number of carbonyl (C=O) groups excluding carboxylic acids is 9. The monoisotopic (exact) mass is 1360 g/mol. The largest absolute Gasteiger partial charge is 0.486 e. The molecule has 9 rings (SSSR count). The third-order valence-electron chi connectivity index (χ3n) is 17.1. The molecule has 2 bridgehead atoms. The van der Waals surface area contributed by atoms with Crippen LogP contribution in [0.15, 0.2) is 12.1 Å². The molecule has 3 aliphatic carbocycles. The third kappa shape index (κ3) is 21.7. The summed E-state index contributed by atoms with van der Waals surface area (Å²) < 4.78 is 113. The molecule has 3 saturated carbocycles. The summed E-state index contributed by atoms with van der Waals surface area (Å²) in [5, 5.41) is -1.96. The molecule has 4 amide bonds. The second-order valence-corrected chi connectivity index (χ2v) is 36.6. The maximum absolute atomic E-state index is 13.6. The predicted molar refractivity (Wildman–Crippen MR) is 337 cm³/mol. The minimum absolute atomic E-state index is 0.0212. The first-order valence-electron chi connectivity index (χ1n) is 31.3. The molecule has 8 fully saturated rings. The van der Waals surface area contributed by atoms with Crippen molar-refractivity contribution in [1.29, 1.82) is 0 Å². The van der Waals surface area contributed by atoms with Crippen molar-refractivity contribution in [3.8, 4) is 5.75 Å². The van der Waals surface area contributed by atoms with Gasteiger partial charge in [-0.2, -0.15) is 19.2 Å². The molecule has 0 N–H and O–H groups in total. The smallest absolute Gasteiger partial charge is 0.457 e. The molecule has 1 aromatic rings. The summed E-state index contributed by atoms with van der Waals surface area (Å²) in [5.41, 5.74) is -0.451. The van der Waals surface area contributed by atoms with E-state index in [4.69, 9.17) is 52.2 Å². The van der Waals surface area contributed by atoms with Gasteiger partial charge in [0.05, 0.1) is 57.8 Å². The van der Waals surface area contributed by atoms with Crippen molar-refractivity contribution in [2.75, 3.05) is 69.6 Å². The molecule has 7 atom stereocenters. The van der Waals surface area contributed by atoms with Crippen molar-refractivity contribution < 1.29 is 101 Å². The van der Waals surface area contributed by atoms with Gasteiger partial charge in [0, 0.05) is 45.7 Å². The summed E-state index contributed by atoms with van der Waals surface area (Å²) in [6.07, 6.45) is 3.46. The van der Waals surface area contributed by atoms with E-state index >= 15 is 0 Å². The fourth-order valence-corrected chi connectivity index (χ4v) is 16.9. The molecule has 0 aromatic heterocycles. The van der Waals surface area contributed by atoms with E-state index in [1.54, 1.807) is 80.2 Å². The van der Waals surface area contributed by atoms with Crippen LogP contribution in [0.25, 0.3) is 0 Å². The Balaban J connectivity index is 0.000000366. The van der Waals surface area contributed by atoms with Crippen molar-refractivity contribution in [1.82, 2.24) is 19.6 Å². The zero-order valence-electron chi connectivity index (χ0n) is 57.0. The number of carbonyl (C=O) groups is 5. The quantitative estimate of drug-likeness (QED) is 0.130. The van der Waals surface area contributed by atoms with Crippen LogP contribution in [0.5, 0.6) is 5.75 Å². The number of benzene rings is 1. The van der Waals surface area contributed by atoms with E-state index in [9.17, 15) is 49.2 Å². The molecule has 5 aliphatic heterocycles. The van der Waals surface area contributed by atoms with Gasteiger partial charge in [0.2, 0.25) is 5.91 Å². The molecule has 92 heavy (non-hydrogen) atoms. The molecular formula is C62H99BN4O22S3. The Morgan fingerprint density at radius 2 is 1.08 bits per heavy atom. The average Bonchev–Trinajstić information content (AvgIpc) is 1.36.